The van der Waals surface area contributed by atoms with Gasteiger partial charge in [0.05, 0.1) is 0 Å². The van der Waals surface area contributed by atoms with Crippen molar-refractivity contribution in [3.05, 3.63) is 0 Å². The fraction of sp³-hybridized carbons (Fsp3) is 0.800. The first-order chi connectivity index (χ1) is 6.58. The van der Waals surface area contributed by atoms with E-state index in [2.05, 4.69) is 5.32 Å². The third kappa shape index (κ3) is 2.47. The van der Waals surface area contributed by atoms with Gasteiger partial charge in [0.25, 0.3) is 0 Å². The summed E-state index contributed by atoms with van der Waals surface area (Å²) in [5.74, 6) is -0.500. The number of rotatable bonds is 5. The van der Waals surface area contributed by atoms with Gasteiger partial charge in [-0.2, -0.15) is 0 Å². The van der Waals surface area contributed by atoms with Crippen molar-refractivity contribution in [1.29, 1.82) is 0 Å². The van der Waals surface area contributed by atoms with Crippen molar-refractivity contribution < 1.29 is 14.7 Å². The monoisotopic (exact) mass is 199 g/mol. The zero-order valence-electron chi connectivity index (χ0n) is 8.45. The smallest absolute Gasteiger partial charge is 0.329 e. The Balaban J connectivity index is 2.57. The van der Waals surface area contributed by atoms with E-state index in [0.717, 1.165) is 12.8 Å². The maximum Gasteiger partial charge on any atom is 0.329 e. The highest BCUT2D eigenvalue weighted by Crippen LogP contribution is 2.31. The van der Waals surface area contributed by atoms with Crippen molar-refractivity contribution in [2.24, 2.45) is 5.92 Å². The van der Waals surface area contributed by atoms with Crippen LogP contribution in [0, 0.1) is 5.92 Å². The normalized spacial score (nSPS) is 21.5. The van der Waals surface area contributed by atoms with Gasteiger partial charge < -0.3 is 10.4 Å². The Hall–Kier alpha value is -1.06. The molecule has 1 fully saturated rings. The van der Waals surface area contributed by atoms with Crippen LogP contribution in [0.4, 0.5) is 0 Å². The molecule has 0 spiro atoms. The number of carboxylic acids is 1. The van der Waals surface area contributed by atoms with Crippen molar-refractivity contribution in [1.82, 2.24) is 5.32 Å². The summed E-state index contributed by atoms with van der Waals surface area (Å²) < 4.78 is 0. The molecule has 4 nitrogen and oxygen atoms in total. The lowest BCUT2D eigenvalue weighted by Gasteiger charge is -2.26. The third-order valence-electron chi connectivity index (χ3n) is 3.02. The average Bonchev–Trinajstić information content (AvgIpc) is 2.56. The third-order valence-corrected chi connectivity index (χ3v) is 3.02. The van der Waals surface area contributed by atoms with E-state index in [1.165, 1.54) is 12.8 Å². The second kappa shape index (κ2) is 4.44. The molecular formula is C10H17NO3. The van der Waals surface area contributed by atoms with Crippen LogP contribution in [0.1, 0.15) is 39.0 Å². The second-order valence-corrected chi connectivity index (χ2v) is 4.25. The molecule has 2 N–H and O–H groups in total. The topological polar surface area (TPSA) is 66.4 Å². The fourth-order valence-corrected chi connectivity index (χ4v) is 2.13. The van der Waals surface area contributed by atoms with Crippen LogP contribution in [0.3, 0.4) is 0 Å². The highest BCUT2D eigenvalue weighted by atomic mass is 16.4. The first kappa shape index (κ1) is 11.0. The lowest BCUT2D eigenvalue weighted by atomic mass is 9.88. The molecule has 0 radical (unpaired) electrons. The minimum absolute atomic E-state index is 0.448. The molecule has 1 saturated carbocycles. The van der Waals surface area contributed by atoms with Crippen LogP contribution in [-0.4, -0.2) is 23.0 Å². The van der Waals surface area contributed by atoms with E-state index in [9.17, 15) is 9.59 Å². The van der Waals surface area contributed by atoms with E-state index in [-0.39, 0.29) is 0 Å². The lowest BCUT2D eigenvalue weighted by molar-refractivity contribution is -0.146. The van der Waals surface area contributed by atoms with E-state index in [1.807, 2.05) is 0 Å². The van der Waals surface area contributed by atoms with Gasteiger partial charge in [-0.1, -0.05) is 25.7 Å². The second-order valence-electron chi connectivity index (χ2n) is 4.25. The van der Waals surface area contributed by atoms with Gasteiger partial charge in [-0.3, -0.25) is 4.79 Å². The van der Waals surface area contributed by atoms with Crippen LogP contribution in [-0.2, 0) is 9.59 Å². The van der Waals surface area contributed by atoms with Gasteiger partial charge in [0.1, 0.15) is 5.54 Å². The van der Waals surface area contributed by atoms with Gasteiger partial charge >= 0.3 is 5.97 Å². The summed E-state index contributed by atoms with van der Waals surface area (Å²) in [6.45, 7) is 1.57. The van der Waals surface area contributed by atoms with E-state index < -0.39 is 11.5 Å². The highest BCUT2D eigenvalue weighted by molar-refractivity contribution is 5.80. The Bertz CT molecular complexity index is 223. The van der Waals surface area contributed by atoms with Crippen molar-refractivity contribution in [2.45, 2.75) is 44.6 Å². The van der Waals surface area contributed by atoms with Crippen molar-refractivity contribution in [3.8, 4) is 0 Å². The molecule has 1 aliphatic rings. The highest BCUT2D eigenvalue weighted by Gasteiger charge is 2.35. The molecule has 1 atom stereocenters. The number of aliphatic carboxylic acids is 1. The number of nitrogens with one attached hydrogen (secondary N) is 1. The van der Waals surface area contributed by atoms with Crippen molar-refractivity contribution in [2.75, 3.05) is 0 Å². The molecule has 1 aliphatic carbocycles. The minimum Gasteiger partial charge on any atom is -0.480 e. The molecule has 1 rings (SSSR count). The number of carboxylic acid groups (broad SMARTS) is 1. The predicted molar refractivity (Wildman–Crippen MR) is 51.8 cm³/mol. The molecule has 14 heavy (non-hydrogen) atoms. The van der Waals surface area contributed by atoms with Gasteiger partial charge in [0, 0.05) is 0 Å². The largest absolute Gasteiger partial charge is 0.480 e. The van der Waals surface area contributed by atoms with Crippen molar-refractivity contribution >= 4 is 12.4 Å². The summed E-state index contributed by atoms with van der Waals surface area (Å²) in [7, 11) is 0. The first-order valence-electron chi connectivity index (χ1n) is 5.03. The number of carbonyl (C=O) groups is 2. The molecule has 0 aromatic heterocycles. The quantitative estimate of drug-likeness (QED) is 0.653. The molecule has 0 aliphatic heterocycles. The average molecular weight is 199 g/mol. The maximum absolute atomic E-state index is 11.0. The van der Waals surface area contributed by atoms with Gasteiger partial charge in [-0.15, -0.1) is 0 Å². The molecule has 1 amide bonds. The summed E-state index contributed by atoms with van der Waals surface area (Å²) in [6, 6.07) is 0. The molecule has 0 unspecified atom stereocenters. The molecule has 80 valence electrons. The number of carbonyl (C=O) groups excluding carboxylic acids is 1. The Morgan fingerprint density at radius 3 is 2.57 bits per heavy atom. The molecule has 0 bridgehead atoms. The molecule has 4 heteroatoms. The van der Waals surface area contributed by atoms with Crippen LogP contribution < -0.4 is 5.32 Å². The molecular weight excluding hydrogens is 182 g/mol. The van der Waals surface area contributed by atoms with Crippen LogP contribution in [0.25, 0.3) is 0 Å². The maximum atomic E-state index is 11.0. The van der Waals surface area contributed by atoms with Crippen LogP contribution in [0.15, 0.2) is 0 Å². The van der Waals surface area contributed by atoms with E-state index in [1.54, 1.807) is 6.92 Å². The predicted octanol–water partition coefficient (Wildman–Crippen LogP) is 1.16. The fourth-order valence-electron chi connectivity index (χ4n) is 2.13. The standard InChI is InChI=1S/C10H17NO3/c1-10(9(13)14,11-7-12)6-8-4-2-3-5-8/h7-8H,2-6H2,1H3,(H,11,12)(H,13,14)/t10-/m1/s1. The summed E-state index contributed by atoms with van der Waals surface area (Å²) >= 11 is 0. The molecule has 0 heterocycles. The van der Waals surface area contributed by atoms with E-state index in [4.69, 9.17) is 5.11 Å². The van der Waals surface area contributed by atoms with Gasteiger partial charge in [-0.05, 0) is 19.3 Å². The van der Waals surface area contributed by atoms with Gasteiger partial charge in [0.15, 0.2) is 0 Å². The van der Waals surface area contributed by atoms with Gasteiger partial charge in [0.2, 0.25) is 6.41 Å². The molecule has 0 aromatic carbocycles. The number of hydrogen-bond donors (Lipinski definition) is 2. The van der Waals surface area contributed by atoms with Crippen LogP contribution in [0.5, 0.6) is 0 Å². The Morgan fingerprint density at radius 1 is 1.57 bits per heavy atom. The zero-order valence-corrected chi connectivity index (χ0v) is 8.45. The minimum atomic E-state index is -1.09. The molecule has 0 saturated heterocycles. The van der Waals surface area contributed by atoms with Crippen LogP contribution in [0.2, 0.25) is 0 Å². The SMILES string of the molecule is C[C@](CC1CCCC1)(NC=O)C(=O)O. The number of amides is 1. The Morgan fingerprint density at radius 2 is 2.14 bits per heavy atom. The summed E-state index contributed by atoms with van der Waals surface area (Å²) in [4.78, 5) is 21.3. The molecule has 0 aromatic rings. The summed E-state index contributed by atoms with van der Waals surface area (Å²) in [5.41, 5.74) is -1.09. The number of hydrogen-bond acceptors (Lipinski definition) is 2. The van der Waals surface area contributed by atoms with E-state index in [0.29, 0.717) is 18.7 Å². The van der Waals surface area contributed by atoms with Crippen LogP contribution >= 0.6 is 0 Å². The van der Waals surface area contributed by atoms with Crippen molar-refractivity contribution in [3.63, 3.8) is 0 Å². The zero-order chi connectivity index (χ0) is 10.6. The lowest BCUT2D eigenvalue weighted by Crippen LogP contribution is -2.49. The van der Waals surface area contributed by atoms with Gasteiger partial charge in [-0.25, -0.2) is 4.79 Å². The Labute approximate surface area is 83.7 Å². The van der Waals surface area contributed by atoms with E-state index >= 15 is 0 Å². The summed E-state index contributed by atoms with van der Waals surface area (Å²) in [6.07, 6.45) is 5.56. The Kier molecular flexibility index (Phi) is 3.49. The first-order valence-corrected chi connectivity index (χ1v) is 5.03. The summed E-state index contributed by atoms with van der Waals surface area (Å²) in [5, 5.41) is 11.4.